The molecule has 1 N–H and O–H groups in total. The molecule has 2 aromatic rings. The van der Waals surface area contributed by atoms with Gasteiger partial charge in [0.05, 0.1) is 0 Å². The van der Waals surface area contributed by atoms with Crippen LogP contribution in [0.4, 0.5) is 4.39 Å². The molecule has 0 spiro atoms. The minimum atomic E-state index is -0.327. The Morgan fingerprint density at radius 2 is 2.16 bits per heavy atom. The highest BCUT2D eigenvalue weighted by molar-refractivity contribution is 5.29. The van der Waals surface area contributed by atoms with Crippen LogP contribution in [0.2, 0.25) is 0 Å². The molecule has 0 unspecified atom stereocenters. The third-order valence-corrected chi connectivity index (χ3v) is 2.44. The number of hydrogen-bond acceptors (Lipinski definition) is 5. The van der Waals surface area contributed by atoms with Gasteiger partial charge in [-0.25, -0.2) is 4.39 Å². The van der Waals surface area contributed by atoms with Gasteiger partial charge in [-0.15, -0.1) is 10.2 Å². The van der Waals surface area contributed by atoms with Crippen LogP contribution in [0.1, 0.15) is 24.3 Å². The van der Waals surface area contributed by atoms with Crippen LogP contribution in [0.3, 0.4) is 0 Å². The first-order valence-corrected chi connectivity index (χ1v) is 6.09. The van der Waals surface area contributed by atoms with Crippen molar-refractivity contribution >= 4 is 0 Å². The number of benzene rings is 1. The Balaban J connectivity index is 2.01. The zero-order valence-electron chi connectivity index (χ0n) is 10.9. The quantitative estimate of drug-likeness (QED) is 0.867. The second-order valence-corrected chi connectivity index (χ2v) is 4.08. The Kier molecular flexibility index (Phi) is 4.46. The largest absolute Gasteiger partial charge is 0.484 e. The molecule has 5 nitrogen and oxygen atoms in total. The van der Waals surface area contributed by atoms with Crippen LogP contribution in [0.5, 0.6) is 5.75 Å². The first kappa shape index (κ1) is 13.5. The average Bonchev–Trinajstić information content (AvgIpc) is 2.79. The van der Waals surface area contributed by atoms with Gasteiger partial charge in [0, 0.05) is 19.5 Å². The van der Waals surface area contributed by atoms with E-state index in [9.17, 15) is 4.39 Å². The summed E-state index contributed by atoms with van der Waals surface area (Å²) in [6.07, 6.45) is 0. The summed E-state index contributed by atoms with van der Waals surface area (Å²) in [5, 5.41) is 10.6. The average molecular weight is 265 g/mol. The maximum Gasteiger partial charge on any atom is 0.253 e. The van der Waals surface area contributed by atoms with Gasteiger partial charge in [-0.2, -0.15) is 0 Å². The fourth-order valence-electron chi connectivity index (χ4n) is 1.62. The van der Waals surface area contributed by atoms with Crippen LogP contribution in [0.15, 0.2) is 22.6 Å². The Morgan fingerprint density at radius 1 is 1.32 bits per heavy atom. The van der Waals surface area contributed by atoms with Crippen LogP contribution < -0.4 is 10.1 Å². The first-order valence-electron chi connectivity index (χ1n) is 6.09. The van der Waals surface area contributed by atoms with Crippen LogP contribution in [-0.4, -0.2) is 16.7 Å². The number of ether oxygens (including phenoxy) is 1. The number of aryl methyl sites for hydroxylation is 1. The minimum absolute atomic E-state index is 0.130. The molecular formula is C13H16FN3O2. The van der Waals surface area contributed by atoms with E-state index in [1.54, 1.807) is 13.0 Å². The summed E-state index contributed by atoms with van der Waals surface area (Å²) < 4.78 is 24.0. The van der Waals surface area contributed by atoms with Crippen molar-refractivity contribution in [1.82, 2.24) is 15.5 Å². The third-order valence-electron chi connectivity index (χ3n) is 2.44. The SMILES string of the molecule is CCNCc1cc(F)cc(OCc2nnc(C)o2)c1. The molecule has 0 amide bonds. The predicted octanol–water partition coefficient (Wildman–Crippen LogP) is 2.21. The van der Waals surface area contributed by atoms with Crippen LogP contribution >= 0.6 is 0 Å². The molecule has 6 heteroatoms. The van der Waals surface area contributed by atoms with Gasteiger partial charge in [0.15, 0.2) is 6.61 Å². The summed E-state index contributed by atoms with van der Waals surface area (Å²) in [7, 11) is 0. The van der Waals surface area contributed by atoms with Crippen LogP contribution in [0.25, 0.3) is 0 Å². The van der Waals surface area contributed by atoms with Crippen molar-refractivity contribution in [3.63, 3.8) is 0 Å². The normalized spacial score (nSPS) is 10.7. The summed E-state index contributed by atoms with van der Waals surface area (Å²) in [6, 6.07) is 4.60. The summed E-state index contributed by atoms with van der Waals surface area (Å²) in [6.45, 7) is 5.25. The number of aromatic nitrogens is 2. The molecule has 0 saturated carbocycles. The van der Waals surface area contributed by atoms with Gasteiger partial charge in [0.25, 0.3) is 5.89 Å². The van der Waals surface area contributed by atoms with E-state index in [-0.39, 0.29) is 12.4 Å². The monoisotopic (exact) mass is 265 g/mol. The molecule has 1 heterocycles. The topological polar surface area (TPSA) is 60.2 Å². The number of nitrogens with zero attached hydrogens (tertiary/aromatic N) is 2. The molecule has 1 aromatic carbocycles. The molecule has 1 aromatic heterocycles. The molecule has 102 valence electrons. The number of nitrogens with one attached hydrogen (secondary N) is 1. The molecule has 19 heavy (non-hydrogen) atoms. The van der Waals surface area contributed by atoms with Crippen molar-refractivity contribution < 1.29 is 13.5 Å². The third kappa shape index (κ3) is 4.03. The highest BCUT2D eigenvalue weighted by Gasteiger charge is 2.06. The molecule has 0 fully saturated rings. The lowest BCUT2D eigenvalue weighted by Gasteiger charge is -2.07. The Morgan fingerprint density at radius 3 is 2.84 bits per heavy atom. The molecule has 0 aliphatic heterocycles. The van der Waals surface area contributed by atoms with E-state index in [0.29, 0.717) is 24.1 Å². The van der Waals surface area contributed by atoms with Gasteiger partial charge in [-0.3, -0.25) is 0 Å². The fourth-order valence-corrected chi connectivity index (χ4v) is 1.62. The molecule has 0 atom stereocenters. The van der Waals surface area contributed by atoms with Crippen molar-refractivity contribution in [3.8, 4) is 5.75 Å². The van der Waals surface area contributed by atoms with Crippen LogP contribution in [0, 0.1) is 12.7 Å². The van der Waals surface area contributed by atoms with E-state index in [0.717, 1.165) is 12.1 Å². The van der Waals surface area contributed by atoms with Crippen molar-refractivity contribution in [1.29, 1.82) is 0 Å². The van der Waals surface area contributed by atoms with Gasteiger partial charge in [0.2, 0.25) is 5.89 Å². The highest BCUT2D eigenvalue weighted by Crippen LogP contribution is 2.17. The fraction of sp³-hybridized carbons (Fsp3) is 0.385. The molecular weight excluding hydrogens is 249 g/mol. The molecule has 0 saturated heterocycles. The molecule has 0 aliphatic carbocycles. The van der Waals surface area contributed by atoms with Gasteiger partial charge in [-0.1, -0.05) is 6.92 Å². The zero-order valence-corrected chi connectivity index (χ0v) is 10.9. The van der Waals surface area contributed by atoms with E-state index in [2.05, 4.69) is 15.5 Å². The summed E-state index contributed by atoms with van der Waals surface area (Å²) in [5.74, 6) is 0.969. The smallest absolute Gasteiger partial charge is 0.253 e. The van der Waals surface area contributed by atoms with Gasteiger partial charge < -0.3 is 14.5 Å². The van der Waals surface area contributed by atoms with Crippen molar-refractivity contribution in [2.24, 2.45) is 0 Å². The zero-order chi connectivity index (χ0) is 13.7. The number of rotatable bonds is 6. The first-order chi connectivity index (χ1) is 9.17. The maximum absolute atomic E-state index is 13.4. The maximum atomic E-state index is 13.4. The number of hydrogen-bond donors (Lipinski definition) is 1. The number of halogens is 1. The standard InChI is InChI=1S/C13H16FN3O2/c1-3-15-7-10-4-11(14)6-12(5-10)18-8-13-17-16-9(2)19-13/h4-6,15H,3,7-8H2,1-2H3. The summed E-state index contributed by atoms with van der Waals surface area (Å²) in [5.41, 5.74) is 0.832. The lowest BCUT2D eigenvalue weighted by Crippen LogP contribution is -2.12. The molecule has 0 bridgehead atoms. The van der Waals surface area contributed by atoms with Gasteiger partial charge in [0.1, 0.15) is 11.6 Å². The van der Waals surface area contributed by atoms with Gasteiger partial charge >= 0.3 is 0 Å². The van der Waals surface area contributed by atoms with E-state index >= 15 is 0 Å². The minimum Gasteiger partial charge on any atom is -0.484 e. The Hall–Kier alpha value is -1.95. The van der Waals surface area contributed by atoms with E-state index in [1.165, 1.54) is 12.1 Å². The van der Waals surface area contributed by atoms with E-state index < -0.39 is 0 Å². The second-order valence-electron chi connectivity index (χ2n) is 4.08. The lowest BCUT2D eigenvalue weighted by atomic mass is 10.2. The Labute approximate surface area is 110 Å². The highest BCUT2D eigenvalue weighted by atomic mass is 19.1. The predicted molar refractivity (Wildman–Crippen MR) is 67.1 cm³/mol. The Bertz CT molecular complexity index is 542. The van der Waals surface area contributed by atoms with Crippen molar-refractivity contribution in [3.05, 3.63) is 41.4 Å². The second kappa shape index (κ2) is 6.29. The summed E-state index contributed by atoms with van der Waals surface area (Å²) in [4.78, 5) is 0. The van der Waals surface area contributed by atoms with E-state index in [4.69, 9.17) is 9.15 Å². The van der Waals surface area contributed by atoms with Crippen molar-refractivity contribution in [2.75, 3.05) is 6.54 Å². The van der Waals surface area contributed by atoms with Crippen molar-refractivity contribution in [2.45, 2.75) is 27.0 Å². The summed E-state index contributed by atoms with van der Waals surface area (Å²) >= 11 is 0. The van der Waals surface area contributed by atoms with Crippen LogP contribution in [-0.2, 0) is 13.2 Å². The van der Waals surface area contributed by atoms with Gasteiger partial charge in [-0.05, 0) is 24.2 Å². The molecule has 0 radical (unpaired) electrons. The molecule has 0 aliphatic rings. The molecule has 2 rings (SSSR count). The van der Waals surface area contributed by atoms with E-state index in [1.807, 2.05) is 6.92 Å². The lowest BCUT2D eigenvalue weighted by molar-refractivity contribution is 0.259.